The van der Waals surface area contributed by atoms with Crippen molar-refractivity contribution in [1.82, 2.24) is 9.88 Å². The first-order valence-corrected chi connectivity index (χ1v) is 10.1. The van der Waals surface area contributed by atoms with E-state index in [9.17, 15) is 4.79 Å². The van der Waals surface area contributed by atoms with Gasteiger partial charge in [-0.15, -0.1) is 0 Å². The molecule has 0 bridgehead atoms. The van der Waals surface area contributed by atoms with Gasteiger partial charge in [0.15, 0.2) is 11.2 Å². The molecule has 1 atom stereocenters. The molecule has 2 heterocycles. The van der Waals surface area contributed by atoms with Crippen molar-refractivity contribution in [3.05, 3.63) is 53.6 Å². The minimum absolute atomic E-state index is 0.0228. The summed E-state index contributed by atoms with van der Waals surface area (Å²) in [4.78, 5) is 21.5. The number of fused-ring (bicyclic) bond motifs is 1. The Morgan fingerprint density at radius 3 is 2.63 bits per heavy atom. The number of anilines is 1. The van der Waals surface area contributed by atoms with E-state index in [0.29, 0.717) is 18.8 Å². The number of para-hydroxylation sites is 1. The standard InChI is InChI=1S/C20H20ClN3O2S/c1-14(26-16-5-3-2-4-6-16)19(25)23-9-11-24(12-10-23)20-22-17-8-7-15(21)13-18(17)27-20/h2-8,13-14H,9-12H2,1H3. The SMILES string of the molecule is CC(Oc1ccccc1)C(=O)N1CCN(c2nc3ccc(Cl)cc3s2)CC1. The minimum atomic E-state index is -0.497. The van der Waals surface area contributed by atoms with E-state index in [-0.39, 0.29) is 5.91 Å². The van der Waals surface area contributed by atoms with Crippen LogP contribution in [0, 0.1) is 0 Å². The molecule has 7 heteroatoms. The molecule has 2 aromatic carbocycles. The molecule has 4 rings (SSSR count). The highest BCUT2D eigenvalue weighted by molar-refractivity contribution is 7.22. The van der Waals surface area contributed by atoms with Crippen LogP contribution in [0.1, 0.15) is 6.92 Å². The second kappa shape index (κ2) is 7.74. The number of halogens is 1. The topological polar surface area (TPSA) is 45.7 Å². The van der Waals surface area contributed by atoms with Gasteiger partial charge in [-0.05, 0) is 37.3 Å². The lowest BCUT2D eigenvalue weighted by Gasteiger charge is -2.35. The zero-order valence-corrected chi connectivity index (χ0v) is 16.5. The molecule has 140 valence electrons. The number of nitrogens with zero attached hydrogens (tertiary/aromatic N) is 3. The second-order valence-electron chi connectivity index (χ2n) is 6.49. The van der Waals surface area contributed by atoms with Crippen molar-refractivity contribution >= 4 is 44.2 Å². The quantitative estimate of drug-likeness (QED) is 0.661. The van der Waals surface area contributed by atoms with Crippen LogP contribution < -0.4 is 9.64 Å². The summed E-state index contributed by atoms with van der Waals surface area (Å²) in [6.45, 7) is 4.66. The first kappa shape index (κ1) is 18.1. The van der Waals surface area contributed by atoms with Gasteiger partial charge in [-0.2, -0.15) is 0 Å². The number of hydrogen-bond donors (Lipinski definition) is 0. The number of rotatable bonds is 4. The van der Waals surface area contributed by atoms with E-state index in [1.807, 2.05) is 53.4 Å². The van der Waals surface area contributed by atoms with E-state index >= 15 is 0 Å². The van der Waals surface area contributed by atoms with E-state index in [4.69, 9.17) is 21.3 Å². The second-order valence-corrected chi connectivity index (χ2v) is 7.94. The monoisotopic (exact) mass is 401 g/mol. The number of amides is 1. The maximum Gasteiger partial charge on any atom is 0.263 e. The van der Waals surface area contributed by atoms with Crippen molar-refractivity contribution in [2.45, 2.75) is 13.0 Å². The highest BCUT2D eigenvalue weighted by Gasteiger charge is 2.27. The van der Waals surface area contributed by atoms with Crippen molar-refractivity contribution in [3.63, 3.8) is 0 Å². The lowest BCUT2D eigenvalue weighted by atomic mass is 10.2. The zero-order chi connectivity index (χ0) is 18.8. The van der Waals surface area contributed by atoms with Crippen LogP contribution in [-0.4, -0.2) is 48.1 Å². The molecular weight excluding hydrogens is 382 g/mol. The number of thiazole rings is 1. The maximum atomic E-state index is 12.7. The Labute approximate surface area is 167 Å². The molecule has 1 aliphatic heterocycles. The molecule has 1 unspecified atom stereocenters. The number of carbonyl (C=O) groups excluding carboxylic acids is 1. The first-order valence-electron chi connectivity index (χ1n) is 8.92. The van der Waals surface area contributed by atoms with Crippen molar-refractivity contribution < 1.29 is 9.53 Å². The molecule has 1 saturated heterocycles. The van der Waals surface area contributed by atoms with Gasteiger partial charge in [0.2, 0.25) is 0 Å². The van der Waals surface area contributed by atoms with Crippen LogP contribution in [0.25, 0.3) is 10.2 Å². The Morgan fingerprint density at radius 1 is 1.15 bits per heavy atom. The van der Waals surface area contributed by atoms with E-state index in [0.717, 1.165) is 33.5 Å². The number of benzene rings is 2. The third-order valence-corrected chi connectivity index (χ3v) is 5.92. The molecule has 1 aromatic heterocycles. The fourth-order valence-electron chi connectivity index (χ4n) is 3.15. The van der Waals surface area contributed by atoms with Gasteiger partial charge in [0.25, 0.3) is 5.91 Å². The highest BCUT2D eigenvalue weighted by atomic mass is 35.5. The smallest absolute Gasteiger partial charge is 0.263 e. The molecule has 27 heavy (non-hydrogen) atoms. The summed E-state index contributed by atoms with van der Waals surface area (Å²) in [5, 5.41) is 1.70. The average molecular weight is 402 g/mol. The molecule has 0 spiro atoms. The van der Waals surface area contributed by atoms with E-state index < -0.39 is 6.10 Å². The normalized spacial score (nSPS) is 15.8. The van der Waals surface area contributed by atoms with Gasteiger partial charge >= 0.3 is 0 Å². The molecule has 5 nitrogen and oxygen atoms in total. The predicted octanol–water partition coefficient (Wildman–Crippen LogP) is 4.07. The maximum absolute atomic E-state index is 12.7. The van der Waals surface area contributed by atoms with Gasteiger partial charge in [-0.25, -0.2) is 4.98 Å². The van der Waals surface area contributed by atoms with Gasteiger partial charge in [0.05, 0.1) is 10.2 Å². The average Bonchev–Trinajstić information content (AvgIpc) is 3.11. The van der Waals surface area contributed by atoms with Crippen molar-refractivity contribution in [2.24, 2.45) is 0 Å². The summed E-state index contributed by atoms with van der Waals surface area (Å²) in [5.74, 6) is 0.736. The lowest BCUT2D eigenvalue weighted by Crippen LogP contribution is -2.52. The summed E-state index contributed by atoms with van der Waals surface area (Å²) in [6.07, 6.45) is -0.497. The summed E-state index contributed by atoms with van der Waals surface area (Å²) in [5.41, 5.74) is 0.961. The van der Waals surface area contributed by atoms with Crippen molar-refractivity contribution in [3.8, 4) is 5.75 Å². The molecule has 1 aliphatic rings. The molecule has 1 amide bonds. The first-order chi connectivity index (χ1) is 13.1. The summed E-state index contributed by atoms with van der Waals surface area (Å²) in [7, 11) is 0. The molecule has 0 saturated carbocycles. The number of hydrogen-bond acceptors (Lipinski definition) is 5. The van der Waals surface area contributed by atoms with Gasteiger partial charge in [-0.3, -0.25) is 4.79 Å². The van der Waals surface area contributed by atoms with Crippen LogP contribution in [0.4, 0.5) is 5.13 Å². The Morgan fingerprint density at radius 2 is 1.89 bits per heavy atom. The van der Waals surface area contributed by atoms with Crippen LogP contribution in [0.5, 0.6) is 5.75 Å². The van der Waals surface area contributed by atoms with Crippen molar-refractivity contribution in [1.29, 1.82) is 0 Å². The minimum Gasteiger partial charge on any atom is -0.481 e. The Balaban J connectivity index is 1.37. The van der Waals surface area contributed by atoms with Gasteiger partial charge < -0.3 is 14.5 Å². The number of ether oxygens (including phenoxy) is 1. The van der Waals surface area contributed by atoms with Crippen LogP contribution in [0.15, 0.2) is 48.5 Å². The van der Waals surface area contributed by atoms with Gasteiger partial charge in [0.1, 0.15) is 5.75 Å². The number of piperazine rings is 1. The Hall–Kier alpha value is -2.31. The van der Waals surface area contributed by atoms with Gasteiger partial charge in [-0.1, -0.05) is 41.1 Å². The molecule has 0 aliphatic carbocycles. The third kappa shape index (κ3) is 4.01. The molecule has 0 N–H and O–H groups in total. The van der Waals surface area contributed by atoms with E-state index in [2.05, 4.69) is 4.90 Å². The zero-order valence-electron chi connectivity index (χ0n) is 15.0. The molecule has 3 aromatic rings. The molecule has 1 fully saturated rings. The molecule has 0 radical (unpaired) electrons. The summed E-state index contributed by atoms with van der Waals surface area (Å²) < 4.78 is 6.85. The number of carbonyl (C=O) groups is 1. The lowest BCUT2D eigenvalue weighted by molar-refractivity contribution is -0.138. The fraction of sp³-hybridized carbons (Fsp3) is 0.300. The Bertz CT molecular complexity index is 939. The predicted molar refractivity (Wildman–Crippen MR) is 110 cm³/mol. The van der Waals surface area contributed by atoms with Crippen LogP contribution in [-0.2, 0) is 4.79 Å². The van der Waals surface area contributed by atoms with E-state index in [1.165, 1.54) is 0 Å². The largest absolute Gasteiger partial charge is 0.481 e. The Kier molecular flexibility index (Phi) is 5.18. The van der Waals surface area contributed by atoms with E-state index in [1.54, 1.807) is 18.3 Å². The van der Waals surface area contributed by atoms with Crippen molar-refractivity contribution in [2.75, 3.05) is 31.1 Å². The number of aromatic nitrogens is 1. The van der Waals surface area contributed by atoms with Crippen LogP contribution >= 0.6 is 22.9 Å². The third-order valence-electron chi connectivity index (χ3n) is 4.60. The fourth-order valence-corrected chi connectivity index (χ4v) is 4.44. The van der Waals surface area contributed by atoms with Gasteiger partial charge in [0, 0.05) is 31.2 Å². The van der Waals surface area contributed by atoms with Crippen LogP contribution in [0.3, 0.4) is 0 Å². The molecular formula is C20H20ClN3O2S. The van der Waals surface area contributed by atoms with Crippen LogP contribution in [0.2, 0.25) is 5.02 Å². The summed E-state index contributed by atoms with van der Waals surface area (Å²) in [6, 6.07) is 15.2. The highest BCUT2D eigenvalue weighted by Crippen LogP contribution is 2.31. The summed E-state index contributed by atoms with van der Waals surface area (Å²) >= 11 is 7.70.